The summed E-state index contributed by atoms with van der Waals surface area (Å²) in [5, 5.41) is 11.1. The van der Waals surface area contributed by atoms with Gasteiger partial charge >= 0.3 is 0 Å². The number of aliphatic hydroxyl groups is 1. The van der Waals surface area contributed by atoms with Crippen molar-refractivity contribution in [3.05, 3.63) is 35.4 Å². The van der Waals surface area contributed by atoms with Crippen molar-refractivity contribution in [3.8, 4) is 0 Å². The summed E-state index contributed by atoms with van der Waals surface area (Å²) in [6.45, 7) is 3.97. The third kappa shape index (κ3) is 3.17. The van der Waals surface area contributed by atoms with E-state index in [2.05, 4.69) is 0 Å². The number of carbonyl (C=O) groups excluding carboxylic acids is 1. The van der Waals surface area contributed by atoms with E-state index in [1.807, 2.05) is 6.92 Å². The van der Waals surface area contributed by atoms with Gasteiger partial charge in [-0.05, 0) is 37.3 Å². The van der Waals surface area contributed by atoms with Gasteiger partial charge in [0.2, 0.25) is 0 Å². The molecular formula is C18H23F2NO3. The number of rotatable bonds is 2. The lowest BCUT2D eigenvalue weighted by molar-refractivity contribution is -0.125. The first kappa shape index (κ1) is 17.3. The SMILES string of the molecule is C[C@@H]1CN(C(=O)c2ccc(F)cc2F)CC[C@@]1(O)C1CCOCC1. The van der Waals surface area contributed by atoms with E-state index in [4.69, 9.17) is 4.74 Å². The summed E-state index contributed by atoms with van der Waals surface area (Å²) >= 11 is 0. The predicted molar refractivity (Wildman–Crippen MR) is 84.5 cm³/mol. The van der Waals surface area contributed by atoms with Crippen LogP contribution in [0.5, 0.6) is 0 Å². The van der Waals surface area contributed by atoms with Crippen molar-refractivity contribution in [3.63, 3.8) is 0 Å². The maximum atomic E-state index is 13.8. The number of nitrogens with zero attached hydrogens (tertiary/aromatic N) is 1. The van der Waals surface area contributed by atoms with Crippen molar-refractivity contribution in [1.82, 2.24) is 4.90 Å². The van der Waals surface area contributed by atoms with Crippen LogP contribution >= 0.6 is 0 Å². The van der Waals surface area contributed by atoms with E-state index in [0.717, 1.165) is 25.0 Å². The summed E-state index contributed by atoms with van der Waals surface area (Å²) in [7, 11) is 0. The molecule has 1 N–H and O–H groups in total. The van der Waals surface area contributed by atoms with Gasteiger partial charge in [0.25, 0.3) is 5.91 Å². The number of hydrogen-bond acceptors (Lipinski definition) is 3. The van der Waals surface area contributed by atoms with Crippen molar-refractivity contribution >= 4 is 5.91 Å². The molecule has 0 unspecified atom stereocenters. The van der Waals surface area contributed by atoms with Gasteiger partial charge in [-0.15, -0.1) is 0 Å². The number of piperidine rings is 1. The van der Waals surface area contributed by atoms with E-state index < -0.39 is 23.1 Å². The van der Waals surface area contributed by atoms with Gasteiger partial charge in [0.05, 0.1) is 11.2 Å². The molecule has 0 bridgehead atoms. The lowest BCUT2D eigenvalue weighted by Gasteiger charge is -2.48. The van der Waals surface area contributed by atoms with Gasteiger partial charge in [0.1, 0.15) is 11.6 Å². The zero-order valence-electron chi connectivity index (χ0n) is 13.8. The minimum absolute atomic E-state index is 0.109. The molecule has 0 aromatic heterocycles. The Morgan fingerprint density at radius 2 is 2.04 bits per heavy atom. The summed E-state index contributed by atoms with van der Waals surface area (Å²) < 4.78 is 32.2. The molecule has 6 heteroatoms. The van der Waals surface area contributed by atoms with Gasteiger partial charge < -0.3 is 14.7 Å². The van der Waals surface area contributed by atoms with Crippen LogP contribution < -0.4 is 0 Å². The Labute approximate surface area is 140 Å². The van der Waals surface area contributed by atoms with Crippen molar-refractivity contribution in [1.29, 1.82) is 0 Å². The molecule has 2 saturated heterocycles. The van der Waals surface area contributed by atoms with E-state index in [0.29, 0.717) is 32.7 Å². The van der Waals surface area contributed by atoms with Gasteiger partial charge in [-0.2, -0.15) is 0 Å². The summed E-state index contributed by atoms with van der Waals surface area (Å²) in [6, 6.07) is 2.98. The Kier molecular flexibility index (Phi) is 4.88. The molecule has 2 fully saturated rings. The molecule has 2 atom stereocenters. The fourth-order valence-corrected chi connectivity index (χ4v) is 3.96. The fourth-order valence-electron chi connectivity index (χ4n) is 3.96. The standard InChI is InChI=1S/C18H23F2NO3/c1-12-11-21(17(22)15-3-2-14(19)10-16(15)20)7-6-18(12,23)13-4-8-24-9-5-13/h2-3,10,12-13,23H,4-9,11H2,1H3/t12-,18+/m1/s1. The zero-order valence-corrected chi connectivity index (χ0v) is 13.8. The minimum Gasteiger partial charge on any atom is -0.389 e. The number of halogens is 2. The average molecular weight is 339 g/mol. The Morgan fingerprint density at radius 3 is 2.67 bits per heavy atom. The summed E-state index contributed by atoms with van der Waals surface area (Å²) in [5.41, 5.74) is -0.942. The lowest BCUT2D eigenvalue weighted by atomic mass is 9.70. The highest BCUT2D eigenvalue weighted by atomic mass is 19.1. The minimum atomic E-state index is -0.849. The van der Waals surface area contributed by atoms with E-state index in [9.17, 15) is 18.7 Å². The third-order valence-electron chi connectivity index (χ3n) is 5.51. The molecule has 0 aliphatic carbocycles. The maximum absolute atomic E-state index is 13.8. The van der Waals surface area contributed by atoms with Crippen LogP contribution in [0, 0.1) is 23.5 Å². The molecule has 2 aliphatic heterocycles. The highest BCUT2D eigenvalue weighted by Crippen LogP contribution is 2.39. The van der Waals surface area contributed by atoms with Crippen LogP contribution in [0.25, 0.3) is 0 Å². The summed E-state index contributed by atoms with van der Waals surface area (Å²) in [5.74, 6) is -1.95. The second-order valence-corrected chi connectivity index (χ2v) is 6.90. The van der Waals surface area contributed by atoms with Crippen LogP contribution in [-0.2, 0) is 4.74 Å². The van der Waals surface area contributed by atoms with Crippen molar-refractivity contribution in [2.24, 2.45) is 11.8 Å². The second kappa shape index (κ2) is 6.76. The number of benzene rings is 1. The molecule has 2 aliphatic rings. The first-order valence-electron chi connectivity index (χ1n) is 8.46. The molecule has 0 radical (unpaired) electrons. The lowest BCUT2D eigenvalue weighted by Crippen LogP contribution is -2.56. The highest BCUT2D eigenvalue weighted by Gasteiger charge is 2.46. The molecule has 0 spiro atoms. The van der Waals surface area contributed by atoms with Crippen LogP contribution in [-0.4, -0.2) is 47.8 Å². The van der Waals surface area contributed by atoms with Crippen molar-refractivity contribution in [2.75, 3.05) is 26.3 Å². The summed E-state index contributed by atoms with van der Waals surface area (Å²) in [4.78, 5) is 14.1. The Balaban J connectivity index is 1.71. The number of ether oxygens (including phenoxy) is 1. The quantitative estimate of drug-likeness (QED) is 0.901. The van der Waals surface area contributed by atoms with Crippen molar-refractivity contribution in [2.45, 2.75) is 31.8 Å². The van der Waals surface area contributed by atoms with Crippen LogP contribution in [0.4, 0.5) is 8.78 Å². The molecule has 1 aromatic rings. The van der Waals surface area contributed by atoms with Gasteiger partial charge in [-0.3, -0.25) is 4.79 Å². The molecule has 1 amide bonds. The number of likely N-dealkylation sites (tertiary alicyclic amines) is 1. The molecule has 2 heterocycles. The Morgan fingerprint density at radius 1 is 1.33 bits per heavy atom. The van der Waals surface area contributed by atoms with Gasteiger partial charge in [0.15, 0.2) is 0 Å². The van der Waals surface area contributed by atoms with Crippen molar-refractivity contribution < 1.29 is 23.4 Å². The van der Waals surface area contributed by atoms with Gasteiger partial charge in [-0.1, -0.05) is 6.92 Å². The topological polar surface area (TPSA) is 49.8 Å². The maximum Gasteiger partial charge on any atom is 0.256 e. The van der Waals surface area contributed by atoms with E-state index in [-0.39, 0.29) is 17.4 Å². The number of amides is 1. The first-order valence-corrected chi connectivity index (χ1v) is 8.46. The molecule has 0 saturated carbocycles. The van der Waals surface area contributed by atoms with E-state index >= 15 is 0 Å². The molecule has 3 rings (SSSR count). The number of carbonyl (C=O) groups is 1. The predicted octanol–water partition coefficient (Wildman–Crippen LogP) is 2.60. The highest BCUT2D eigenvalue weighted by molar-refractivity contribution is 5.94. The zero-order chi connectivity index (χ0) is 17.3. The molecule has 132 valence electrons. The number of hydrogen-bond donors (Lipinski definition) is 1. The van der Waals surface area contributed by atoms with E-state index in [1.165, 1.54) is 6.07 Å². The largest absolute Gasteiger partial charge is 0.389 e. The van der Waals surface area contributed by atoms with Gasteiger partial charge in [-0.25, -0.2) is 8.78 Å². The van der Waals surface area contributed by atoms with Crippen LogP contribution in [0.15, 0.2) is 18.2 Å². The Bertz CT molecular complexity index is 618. The molecule has 4 nitrogen and oxygen atoms in total. The average Bonchev–Trinajstić information content (AvgIpc) is 2.57. The fraction of sp³-hybridized carbons (Fsp3) is 0.611. The van der Waals surface area contributed by atoms with Crippen LogP contribution in [0.1, 0.15) is 36.5 Å². The van der Waals surface area contributed by atoms with E-state index in [1.54, 1.807) is 4.90 Å². The normalized spacial score (nSPS) is 28.8. The second-order valence-electron chi connectivity index (χ2n) is 6.90. The summed E-state index contributed by atoms with van der Waals surface area (Å²) in [6.07, 6.45) is 2.11. The monoisotopic (exact) mass is 339 g/mol. The third-order valence-corrected chi connectivity index (χ3v) is 5.51. The molecular weight excluding hydrogens is 316 g/mol. The van der Waals surface area contributed by atoms with Crippen LogP contribution in [0.3, 0.4) is 0 Å². The smallest absolute Gasteiger partial charge is 0.256 e. The Hall–Kier alpha value is -1.53. The molecule has 1 aromatic carbocycles. The van der Waals surface area contributed by atoms with Gasteiger partial charge in [0, 0.05) is 38.3 Å². The van der Waals surface area contributed by atoms with Crippen LogP contribution in [0.2, 0.25) is 0 Å². The molecule has 24 heavy (non-hydrogen) atoms. The first-order chi connectivity index (χ1) is 11.4.